The van der Waals surface area contributed by atoms with E-state index in [1.807, 2.05) is 13.8 Å². The number of carbonyl (C=O) groups is 5. The normalized spacial score (nSPS) is 19.7. The van der Waals surface area contributed by atoms with Crippen molar-refractivity contribution in [3.63, 3.8) is 0 Å². The summed E-state index contributed by atoms with van der Waals surface area (Å²) in [6.45, 7) is 4.99. The Bertz CT molecular complexity index is 1680. The van der Waals surface area contributed by atoms with Crippen LogP contribution in [0.4, 0.5) is 0 Å². The fourth-order valence-corrected chi connectivity index (χ4v) is 5.77. The number of nitrogens with one attached hydrogen (secondary N) is 1. The second kappa shape index (κ2) is 12.1. The van der Waals surface area contributed by atoms with Gasteiger partial charge in [0.25, 0.3) is 17.7 Å². The van der Waals surface area contributed by atoms with Crippen LogP contribution in [0.3, 0.4) is 0 Å². The highest BCUT2D eigenvalue weighted by molar-refractivity contribution is 7.98. The summed E-state index contributed by atoms with van der Waals surface area (Å²) in [6.07, 6.45) is 0.288. The minimum absolute atomic E-state index is 0.273. The quantitative estimate of drug-likeness (QED) is 0.0863. The molecule has 3 atom stereocenters. The lowest BCUT2D eigenvalue weighted by molar-refractivity contribution is -0.574. The number of nitrogens with zero attached hydrogens (tertiary/aromatic N) is 3. The highest BCUT2D eigenvalue weighted by Gasteiger charge is 2.51. The number of likely N-dealkylation sites (tertiary alicyclic amines) is 1. The number of hydrogen-bond acceptors (Lipinski definition) is 9. The number of carbonyl (C=O) groups excluding carboxylic acids is 5. The molecule has 1 saturated heterocycles. The predicted molar refractivity (Wildman–Crippen MR) is 159 cm³/mol. The van der Waals surface area contributed by atoms with Gasteiger partial charge in [-0.3, -0.25) is 29.3 Å². The van der Waals surface area contributed by atoms with Gasteiger partial charge in [0.15, 0.2) is 0 Å². The molecule has 6 aliphatic rings. The number of rotatable bonds is 5. The first-order chi connectivity index (χ1) is 21.0. The van der Waals surface area contributed by atoms with Crippen LogP contribution in [0.25, 0.3) is 11.1 Å². The van der Waals surface area contributed by atoms with Gasteiger partial charge in [-0.1, -0.05) is 35.9 Å². The Balaban J connectivity index is 0.000000165. The Morgan fingerprint density at radius 2 is 1.48 bits per heavy atom. The van der Waals surface area contributed by atoms with Crippen molar-refractivity contribution < 1.29 is 33.6 Å². The van der Waals surface area contributed by atoms with Crippen molar-refractivity contribution in [3.05, 3.63) is 117 Å². The van der Waals surface area contributed by atoms with E-state index in [9.17, 15) is 34.1 Å². The number of esters is 1. The van der Waals surface area contributed by atoms with Gasteiger partial charge in [-0.2, -0.15) is 0 Å². The minimum Gasteiger partial charge on any atom is -0.390 e. The Morgan fingerprint density at radius 3 is 1.93 bits per heavy atom. The van der Waals surface area contributed by atoms with Crippen molar-refractivity contribution in [2.24, 2.45) is 0 Å². The fraction of sp³-hybridized carbons (Fsp3) is 0.194. The van der Waals surface area contributed by atoms with E-state index in [1.54, 1.807) is 30.5 Å². The second-order valence-electron chi connectivity index (χ2n) is 10.3. The lowest BCUT2D eigenvalue weighted by Gasteiger charge is -2.45. The van der Waals surface area contributed by atoms with Crippen LogP contribution in [-0.2, 0) is 14.3 Å². The molecule has 12 nitrogen and oxygen atoms in total. The number of imide groups is 1. The Morgan fingerprint density at radius 1 is 0.886 bits per heavy atom. The van der Waals surface area contributed by atoms with Gasteiger partial charge in [0.2, 0.25) is 5.91 Å². The Kier molecular flexibility index (Phi) is 8.32. The zero-order valence-corrected chi connectivity index (χ0v) is 24.6. The van der Waals surface area contributed by atoms with Crippen molar-refractivity contribution in [2.75, 3.05) is 0 Å². The molecule has 4 aliphatic heterocycles. The van der Waals surface area contributed by atoms with E-state index in [1.165, 1.54) is 47.2 Å². The van der Waals surface area contributed by atoms with Gasteiger partial charge in [0, 0.05) is 13.1 Å². The van der Waals surface area contributed by atoms with Gasteiger partial charge in [-0.05, 0) is 79.4 Å². The molecule has 44 heavy (non-hydrogen) atoms. The van der Waals surface area contributed by atoms with Gasteiger partial charge in [0.1, 0.15) is 11.4 Å². The largest absolute Gasteiger partial charge is 0.390 e. The molecule has 4 amide bonds. The first kappa shape index (κ1) is 30.2. The number of β-lactam (4-membered cyclic amide) rings is 1. The molecule has 4 heterocycles. The summed E-state index contributed by atoms with van der Waals surface area (Å²) in [7, 11) is 0. The highest BCUT2D eigenvalue weighted by Crippen LogP contribution is 2.38. The van der Waals surface area contributed by atoms with Gasteiger partial charge < -0.3 is 15.0 Å². The second-order valence-corrected chi connectivity index (χ2v) is 11.4. The number of hydrogen-bond donors (Lipinski definition) is 1. The first-order valence-electron chi connectivity index (χ1n) is 13.4. The molecule has 8 rings (SSSR count). The molecule has 0 aromatic heterocycles. The van der Waals surface area contributed by atoms with Crippen LogP contribution in [0.5, 0.6) is 0 Å². The Labute approximate surface area is 255 Å². The molecule has 0 radical (unpaired) electrons. The van der Waals surface area contributed by atoms with Crippen molar-refractivity contribution in [1.82, 2.24) is 14.5 Å². The van der Waals surface area contributed by atoms with Gasteiger partial charge >= 0.3 is 12.2 Å². The first-order valence-corrected chi connectivity index (χ1v) is 14.2. The third-order valence-corrected chi connectivity index (χ3v) is 8.02. The van der Waals surface area contributed by atoms with Gasteiger partial charge in [0.05, 0.1) is 27.2 Å². The van der Waals surface area contributed by atoms with Crippen molar-refractivity contribution in [3.8, 4) is 11.1 Å². The summed E-state index contributed by atoms with van der Waals surface area (Å²) in [5, 5.41) is 12.5. The number of allylic oxidation sites excluding steroid dienone is 1. The number of amides is 4. The average molecular weight is 615 g/mol. The molecular weight excluding hydrogens is 588 g/mol. The summed E-state index contributed by atoms with van der Waals surface area (Å²) < 4.78 is 5.68. The summed E-state index contributed by atoms with van der Waals surface area (Å²) in [6, 6.07) is 20.4. The fourth-order valence-electron chi connectivity index (χ4n) is 4.60. The molecule has 13 heteroatoms. The van der Waals surface area contributed by atoms with E-state index in [0.717, 1.165) is 21.8 Å². The average Bonchev–Trinajstić information content (AvgIpc) is 3.62. The third kappa shape index (κ3) is 6.08. The van der Waals surface area contributed by atoms with Crippen LogP contribution in [-0.4, -0.2) is 55.1 Å². The van der Waals surface area contributed by atoms with Gasteiger partial charge in [-0.15, -0.1) is 0 Å². The number of nitro groups is 1. The zero-order chi connectivity index (χ0) is 31.7. The van der Waals surface area contributed by atoms with Crippen LogP contribution in [0.2, 0.25) is 0 Å². The number of fused-ring (bicyclic) bond motifs is 6. The van der Waals surface area contributed by atoms with E-state index >= 15 is 0 Å². The smallest absolute Gasteiger partial charge is 0.383 e. The van der Waals surface area contributed by atoms with Crippen LogP contribution in [0.1, 0.15) is 63.6 Å². The molecule has 2 bridgehead atoms. The van der Waals surface area contributed by atoms with Crippen molar-refractivity contribution in [2.45, 2.75) is 38.4 Å². The zero-order valence-electron chi connectivity index (χ0n) is 23.8. The van der Waals surface area contributed by atoms with Crippen LogP contribution >= 0.6 is 11.9 Å². The van der Waals surface area contributed by atoms with E-state index in [2.05, 4.69) is 34.3 Å². The molecule has 2 aliphatic carbocycles. The molecule has 224 valence electrons. The maximum absolute atomic E-state index is 12.5. The maximum Gasteiger partial charge on any atom is 0.383 e. The lowest BCUT2D eigenvalue weighted by Crippen LogP contribution is -2.68. The standard InChI is InChI=1S/C17H17N3O4S.C8H5NO4.C6H4/c1-9(2)8-19-16(24)13(18-10(3)21)17(19)25-20-14(22)11-6-4-5-7-12(11)15(20)23;10-8-6-3-1-5(2-4-6)7(13-8)9(11)12;1-2-5-4-6(5)3-1/h4-8,13,17H,1-3H3,(H,18,21);1-4,7H;1-4H. The predicted octanol–water partition coefficient (Wildman–Crippen LogP) is 4.33. The molecule has 0 spiro atoms. The lowest BCUT2D eigenvalue weighted by atomic mass is 10.1. The van der Waals surface area contributed by atoms with E-state index in [0.29, 0.717) is 22.3 Å². The summed E-state index contributed by atoms with van der Waals surface area (Å²) >= 11 is 0.951. The van der Waals surface area contributed by atoms with Gasteiger partial charge in [-0.25, -0.2) is 9.10 Å². The Hall–Kier alpha value is -5.30. The van der Waals surface area contributed by atoms with E-state index in [-0.39, 0.29) is 11.8 Å². The van der Waals surface area contributed by atoms with Crippen molar-refractivity contribution in [1.29, 1.82) is 0 Å². The summed E-state index contributed by atoms with van der Waals surface area (Å²) in [5.74, 6) is -2.09. The molecule has 2 aromatic rings. The minimum atomic E-state index is -1.36. The van der Waals surface area contributed by atoms with Crippen LogP contribution in [0.15, 0.2) is 84.6 Å². The summed E-state index contributed by atoms with van der Waals surface area (Å²) in [5.41, 5.74) is 5.16. The monoisotopic (exact) mass is 614 g/mol. The van der Waals surface area contributed by atoms with Crippen LogP contribution < -0.4 is 5.32 Å². The molecule has 0 saturated carbocycles. The van der Waals surface area contributed by atoms with Crippen LogP contribution in [0, 0.1) is 10.1 Å². The van der Waals surface area contributed by atoms with E-state index < -0.39 is 40.4 Å². The highest BCUT2D eigenvalue weighted by atomic mass is 32.2. The third-order valence-electron chi connectivity index (χ3n) is 6.76. The SMILES string of the molecule is CC(=O)NC1C(=O)N(C=C(C)C)C1SN1C(=O)c2ccccc2C1=O.O=C1OC([N+](=O)[O-])c2ccc1cc2.c1cc2cc-2c1. The maximum atomic E-state index is 12.5. The number of benzene rings is 3. The summed E-state index contributed by atoms with van der Waals surface area (Å²) in [4.78, 5) is 71.0. The topological polar surface area (TPSA) is 156 Å². The molecule has 3 unspecified atom stereocenters. The molecule has 1 fully saturated rings. The molecular formula is C31H26N4O8S. The molecule has 2 aromatic carbocycles. The van der Waals surface area contributed by atoms with E-state index in [4.69, 9.17) is 0 Å². The van der Waals surface area contributed by atoms with Crippen molar-refractivity contribution >= 4 is 41.5 Å². The number of ether oxygens (including phenoxy) is 1. The molecule has 1 N–H and O–H groups in total.